The van der Waals surface area contributed by atoms with Crippen LogP contribution in [0.3, 0.4) is 0 Å². The van der Waals surface area contributed by atoms with Gasteiger partial charge in [0.2, 0.25) is 0 Å². The van der Waals surface area contributed by atoms with Crippen LogP contribution in [0.4, 0.5) is 0 Å². The van der Waals surface area contributed by atoms with Crippen LogP contribution >= 0.6 is 0 Å². The Hall–Kier alpha value is -1.36. The number of aromatic nitrogens is 2. The smallest absolute Gasteiger partial charge is 0.327 e. The molecule has 0 amide bonds. The van der Waals surface area contributed by atoms with Crippen molar-refractivity contribution < 1.29 is 9.53 Å². The van der Waals surface area contributed by atoms with Gasteiger partial charge in [-0.1, -0.05) is 0 Å². The van der Waals surface area contributed by atoms with Gasteiger partial charge in [-0.05, 0) is 25.8 Å². The first-order valence-electron chi connectivity index (χ1n) is 5.96. The standard InChI is InChI=1S/C12H19N3O2/c1-8-4-10-6-13-15(7-12(16)17-3)11(10)5-9(2)14-8/h6,8-9,14H,4-5,7H2,1-3H3. The number of rotatable bonds is 2. The molecule has 2 rings (SSSR count). The van der Waals surface area contributed by atoms with Crippen molar-refractivity contribution in [2.45, 2.75) is 45.3 Å². The number of hydrogen-bond acceptors (Lipinski definition) is 4. The Morgan fingerprint density at radius 3 is 2.94 bits per heavy atom. The van der Waals surface area contributed by atoms with Gasteiger partial charge in [0, 0.05) is 24.2 Å². The molecule has 5 nitrogen and oxygen atoms in total. The second kappa shape index (κ2) is 4.87. The first-order valence-corrected chi connectivity index (χ1v) is 5.96. The summed E-state index contributed by atoms with van der Waals surface area (Å²) in [6.45, 7) is 4.53. The Morgan fingerprint density at radius 1 is 1.53 bits per heavy atom. The molecule has 0 fully saturated rings. The van der Waals surface area contributed by atoms with E-state index >= 15 is 0 Å². The van der Waals surface area contributed by atoms with Gasteiger partial charge in [-0.2, -0.15) is 5.10 Å². The molecule has 2 unspecified atom stereocenters. The maximum Gasteiger partial charge on any atom is 0.327 e. The SMILES string of the molecule is COC(=O)Cn1ncc2c1CC(C)NC(C)C2. The largest absolute Gasteiger partial charge is 0.468 e. The van der Waals surface area contributed by atoms with Gasteiger partial charge >= 0.3 is 5.97 Å². The van der Waals surface area contributed by atoms with Crippen LogP contribution in [0.2, 0.25) is 0 Å². The summed E-state index contributed by atoms with van der Waals surface area (Å²) in [6, 6.07) is 0.848. The minimum absolute atomic E-state index is 0.201. The van der Waals surface area contributed by atoms with Crippen LogP contribution in [0.5, 0.6) is 0 Å². The van der Waals surface area contributed by atoms with E-state index in [1.54, 1.807) is 4.68 Å². The van der Waals surface area contributed by atoms with Gasteiger partial charge in [-0.25, -0.2) is 0 Å². The Bertz CT molecular complexity index is 414. The van der Waals surface area contributed by atoms with Gasteiger partial charge in [0.15, 0.2) is 0 Å². The van der Waals surface area contributed by atoms with Crippen molar-refractivity contribution in [3.63, 3.8) is 0 Å². The molecular weight excluding hydrogens is 218 g/mol. The highest BCUT2D eigenvalue weighted by molar-refractivity contribution is 5.69. The molecule has 2 heterocycles. The predicted octanol–water partition coefficient (Wildman–Crippen LogP) is 0.521. The third-order valence-corrected chi connectivity index (χ3v) is 3.14. The number of hydrogen-bond donors (Lipinski definition) is 1. The van der Waals surface area contributed by atoms with E-state index in [-0.39, 0.29) is 12.5 Å². The van der Waals surface area contributed by atoms with Crippen LogP contribution in [0.1, 0.15) is 25.1 Å². The van der Waals surface area contributed by atoms with Gasteiger partial charge in [0.1, 0.15) is 6.54 Å². The van der Waals surface area contributed by atoms with Crippen molar-refractivity contribution in [3.8, 4) is 0 Å². The molecule has 94 valence electrons. The number of fused-ring (bicyclic) bond motifs is 1. The number of ether oxygens (including phenoxy) is 1. The highest BCUT2D eigenvalue weighted by Gasteiger charge is 2.22. The number of nitrogens with one attached hydrogen (secondary N) is 1. The zero-order valence-corrected chi connectivity index (χ0v) is 10.6. The minimum Gasteiger partial charge on any atom is -0.468 e. The zero-order chi connectivity index (χ0) is 12.4. The minimum atomic E-state index is -0.256. The molecule has 1 aromatic rings. The van der Waals surface area contributed by atoms with Crippen molar-refractivity contribution >= 4 is 5.97 Å². The highest BCUT2D eigenvalue weighted by Crippen LogP contribution is 2.17. The maximum absolute atomic E-state index is 11.3. The van der Waals surface area contributed by atoms with E-state index in [0.29, 0.717) is 12.1 Å². The lowest BCUT2D eigenvalue weighted by Crippen LogP contribution is -2.35. The fourth-order valence-electron chi connectivity index (χ4n) is 2.40. The van der Waals surface area contributed by atoms with Crippen molar-refractivity contribution in [1.82, 2.24) is 15.1 Å². The lowest BCUT2D eigenvalue weighted by atomic mass is 10.1. The van der Waals surface area contributed by atoms with Crippen LogP contribution < -0.4 is 5.32 Å². The molecule has 0 radical (unpaired) electrons. The molecule has 0 saturated carbocycles. The monoisotopic (exact) mass is 237 g/mol. The van der Waals surface area contributed by atoms with Crippen molar-refractivity contribution in [2.24, 2.45) is 0 Å². The first kappa shape index (κ1) is 12.1. The van der Waals surface area contributed by atoms with E-state index in [2.05, 4.69) is 29.0 Å². The quantitative estimate of drug-likeness (QED) is 0.762. The van der Waals surface area contributed by atoms with Crippen LogP contribution in [0, 0.1) is 0 Å². The highest BCUT2D eigenvalue weighted by atomic mass is 16.5. The van der Waals surface area contributed by atoms with Gasteiger partial charge in [-0.3, -0.25) is 9.48 Å². The summed E-state index contributed by atoms with van der Waals surface area (Å²) in [6.07, 6.45) is 3.73. The van der Waals surface area contributed by atoms with Gasteiger partial charge in [0.25, 0.3) is 0 Å². The summed E-state index contributed by atoms with van der Waals surface area (Å²) >= 11 is 0. The molecular formula is C12H19N3O2. The number of nitrogens with zero attached hydrogens (tertiary/aromatic N) is 2. The molecule has 1 N–H and O–H groups in total. The lowest BCUT2D eigenvalue weighted by molar-refractivity contribution is -0.141. The fourth-order valence-corrected chi connectivity index (χ4v) is 2.40. The number of carbonyl (C=O) groups excluding carboxylic acids is 1. The Kier molecular flexibility index (Phi) is 3.47. The van der Waals surface area contributed by atoms with Crippen LogP contribution in [-0.4, -0.2) is 34.9 Å². The molecule has 1 aliphatic heterocycles. The summed E-state index contributed by atoms with van der Waals surface area (Å²) < 4.78 is 6.44. The van der Waals surface area contributed by atoms with Gasteiger partial charge in [-0.15, -0.1) is 0 Å². The second-order valence-electron chi connectivity index (χ2n) is 4.73. The number of methoxy groups -OCH3 is 1. The second-order valence-corrected chi connectivity index (χ2v) is 4.73. The summed E-state index contributed by atoms with van der Waals surface area (Å²) in [7, 11) is 1.40. The fraction of sp³-hybridized carbons (Fsp3) is 0.667. The average molecular weight is 237 g/mol. The van der Waals surface area contributed by atoms with Crippen LogP contribution in [-0.2, 0) is 28.9 Å². The molecule has 0 bridgehead atoms. The molecule has 17 heavy (non-hydrogen) atoms. The summed E-state index contributed by atoms with van der Waals surface area (Å²) in [5.41, 5.74) is 2.39. The van der Waals surface area contributed by atoms with Crippen LogP contribution in [0.15, 0.2) is 6.20 Å². The van der Waals surface area contributed by atoms with Crippen molar-refractivity contribution in [1.29, 1.82) is 0 Å². The number of esters is 1. The first-order chi connectivity index (χ1) is 8.10. The van der Waals surface area contributed by atoms with Gasteiger partial charge < -0.3 is 10.1 Å². The summed E-state index contributed by atoms with van der Waals surface area (Å²) in [4.78, 5) is 11.3. The Morgan fingerprint density at radius 2 is 2.24 bits per heavy atom. The van der Waals surface area contributed by atoms with E-state index in [9.17, 15) is 4.79 Å². The molecule has 1 aromatic heterocycles. The van der Waals surface area contributed by atoms with Gasteiger partial charge in [0.05, 0.1) is 13.3 Å². The molecule has 2 atom stereocenters. The lowest BCUT2D eigenvalue weighted by Gasteiger charge is -2.15. The van der Waals surface area contributed by atoms with Crippen molar-refractivity contribution in [2.75, 3.05) is 7.11 Å². The topological polar surface area (TPSA) is 56.2 Å². The third kappa shape index (κ3) is 2.66. The molecule has 1 aliphatic rings. The predicted molar refractivity (Wildman–Crippen MR) is 63.7 cm³/mol. The third-order valence-electron chi connectivity index (χ3n) is 3.14. The van der Waals surface area contributed by atoms with E-state index in [1.807, 2.05) is 6.20 Å². The van der Waals surface area contributed by atoms with E-state index in [0.717, 1.165) is 18.5 Å². The maximum atomic E-state index is 11.3. The summed E-state index contributed by atoms with van der Waals surface area (Å²) in [5.74, 6) is -0.256. The van der Waals surface area contributed by atoms with E-state index in [1.165, 1.54) is 12.7 Å². The Balaban J connectivity index is 2.24. The molecule has 0 aliphatic carbocycles. The summed E-state index contributed by atoms with van der Waals surface area (Å²) in [5, 5.41) is 7.80. The molecule has 0 saturated heterocycles. The molecule has 0 spiro atoms. The molecule has 0 aromatic carbocycles. The zero-order valence-electron chi connectivity index (χ0n) is 10.6. The normalized spacial score (nSPS) is 23.9. The van der Waals surface area contributed by atoms with Crippen molar-refractivity contribution in [3.05, 3.63) is 17.5 Å². The molecule has 5 heteroatoms. The number of carbonyl (C=O) groups is 1. The Labute approximate surface area is 101 Å². The van der Waals surface area contributed by atoms with E-state index < -0.39 is 0 Å². The van der Waals surface area contributed by atoms with E-state index in [4.69, 9.17) is 0 Å². The average Bonchev–Trinajstić information content (AvgIpc) is 2.55. The van der Waals surface area contributed by atoms with Crippen LogP contribution in [0.25, 0.3) is 0 Å².